The van der Waals surface area contributed by atoms with Crippen molar-refractivity contribution in [2.45, 2.75) is 16.7 Å². The van der Waals surface area contributed by atoms with Crippen molar-refractivity contribution in [3.8, 4) is 11.3 Å². The SMILES string of the molecule is Cc1cc(C(=O)NS(=O)(=O)c2ccccc2S(N)(=O)=O)ccc1-c1cc2ccccc2o1. The van der Waals surface area contributed by atoms with Gasteiger partial charge < -0.3 is 4.42 Å². The number of nitrogens with one attached hydrogen (secondary N) is 1. The first-order valence-corrected chi connectivity index (χ1v) is 12.4. The molecule has 0 fully saturated rings. The number of rotatable bonds is 5. The molecule has 1 amide bonds. The van der Waals surface area contributed by atoms with E-state index in [-0.39, 0.29) is 5.56 Å². The van der Waals surface area contributed by atoms with Crippen molar-refractivity contribution in [1.82, 2.24) is 4.72 Å². The molecule has 0 bridgehead atoms. The monoisotopic (exact) mass is 470 g/mol. The van der Waals surface area contributed by atoms with Gasteiger partial charge in [0.2, 0.25) is 10.0 Å². The fraction of sp³-hybridized carbons (Fsp3) is 0.0455. The highest BCUT2D eigenvalue weighted by atomic mass is 32.2. The summed E-state index contributed by atoms with van der Waals surface area (Å²) in [6.07, 6.45) is 0. The first kappa shape index (κ1) is 21.8. The quantitative estimate of drug-likeness (QED) is 0.460. The lowest BCUT2D eigenvalue weighted by molar-refractivity contribution is 0.0981. The van der Waals surface area contributed by atoms with Crippen molar-refractivity contribution in [2.24, 2.45) is 5.14 Å². The molecule has 4 rings (SSSR count). The van der Waals surface area contributed by atoms with Crippen molar-refractivity contribution in [1.29, 1.82) is 0 Å². The molecule has 1 aromatic heterocycles. The molecule has 0 atom stereocenters. The van der Waals surface area contributed by atoms with E-state index in [0.717, 1.165) is 28.7 Å². The van der Waals surface area contributed by atoms with E-state index in [1.807, 2.05) is 35.1 Å². The van der Waals surface area contributed by atoms with Crippen LogP contribution in [-0.4, -0.2) is 22.7 Å². The van der Waals surface area contributed by atoms with Gasteiger partial charge in [0.15, 0.2) is 0 Å². The Morgan fingerprint density at radius 3 is 2.19 bits per heavy atom. The number of aryl methyl sites for hydroxylation is 1. The molecule has 164 valence electrons. The summed E-state index contributed by atoms with van der Waals surface area (Å²) in [6, 6.07) is 18.8. The Morgan fingerprint density at radius 2 is 1.53 bits per heavy atom. The Hall–Kier alpha value is -3.47. The third-order valence-corrected chi connectivity index (χ3v) is 7.34. The molecule has 3 N–H and O–H groups in total. The molecule has 3 aromatic carbocycles. The van der Waals surface area contributed by atoms with Gasteiger partial charge in [-0.25, -0.2) is 26.7 Å². The van der Waals surface area contributed by atoms with Gasteiger partial charge >= 0.3 is 0 Å². The summed E-state index contributed by atoms with van der Waals surface area (Å²) in [6.45, 7) is 1.77. The average Bonchev–Trinajstić information content (AvgIpc) is 3.16. The van der Waals surface area contributed by atoms with Gasteiger partial charge in [-0.15, -0.1) is 0 Å². The number of fused-ring (bicyclic) bond motifs is 1. The van der Waals surface area contributed by atoms with Gasteiger partial charge in [0.1, 0.15) is 21.1 Å². The lowest BCUT2D eigenvalue weighted by Crippen LogP contribution is -2.32. The van der Waals surface area contributed by atoms with Gasteiger partial charge in [0, 0.05) is 16.5 Å². The number of hydrogen-bond acceptors (Lipinski definition) is 6. The van der Waals surface area contributed by atoms with Gasteiger partial charge in [-0.3, -0.25) is 4.79 Å². The van der Waals surface area contributed by atoms with Crippen molar-refractivity contribution in [3.63, 3.8) is 0 Å². The van der Waals surface area contributed by atoms with Crippen molar-refractivity contribution < 1.29 is 26.0 Å². The largest absolute Gasteiger partial charge is 0.456 e. The lowest BCUT2D eigenvalue weighted by Gasteiger charge is -2.11. The van der Waals surface area contributed by atoms with E-state index in [2.05, 4.69) is 0 Å². The van der Waals surface area contributed by atoms with Crippen molar-refractivity contribution in [3.05, 3.63) is 83.9 Å². The molecule has 0 aliphatic rings. The summed E-state index contributed by atoms with van der Waals surface area (Å²) in [4.78, 5) is 11.4. The van der Waals surface area contributed by atoms with E-state index in [0.29, 0.717) is 11.3 Å². The molecule has 32 heavy (non-hydrogen) atoms. The summed E-state index contributed by atoms with van der Waals surface area (Å²) >= 11 is 0. The zero-order valence-electron chi connectivity index (χ0n) is 16.8. The smallest absolute Gasteiger partial charge is 0.265 e. The van der Waals surface area contributed by atoms with Gasteiger partial charge in [0.25, 0.3) is 15.9 Å². The van der Waals surface area contributed by atoms with E-state index < -0.39 is 35.7 Å². The third-order valence-electron chi connectivity index (χ3n) is 4.85. The minimum Gasteiger partial charge on any atom is -0.456 e. The molecule has 0 aliphatic heterocycles. The fourth-order valence-corrected chi connectivity index (χ4v) is 5.70. The van der Waals surface area contributed by atoms with Crippen molar-refractivity contribution in [2.75, 3.05) is 0 Å². The maximum atomic E-state index is 12.7. The predicted molar refractivity (Wildman–Crippen MR) is 119 cm³/mol. The number of nitrogens with two attached hydrogens (primary N) is 1. The van der Waals surface area contributed by atoms with E-state index >= 15 is 0 Å². The number of hydrogen-bond donors (Lipinski definition) is 2. The molecule has 0 unspecified atom stereocenters. The maximum absolute atomic E-state index is 12.7. The normalized spacial score (nSPS) is 12.1. The van der Waals surface area contributed by atoms with Crippen LogP contribution in [0, 0.1) is 6.92 Å². The van der Waals surface area contributed by atoms with Crippen LogP contribution in [0.3, 0.4) is 0 Å². The van der Waals surface area contributed by atoms with Crippen LogP contribution >= 0.6 is 0 Å². The highest BCUT2D eigenvalue weighted by molar-refractivity contribution is 7.92. The number of amides is 1. The second kappa shape index (κ2) is 7.90. The van der Waals surface area contributed by atoms with E-state index in [9.17, 15) is 21.6 Å². The predicted octanol–water partition coefficient (Wildman–Crippen LogP) is 3.17. The molecule has 0 spiro atoms. The third kappa shape index (κ3) is 4.15. The van der Waals surface area contributed by atoms with Crippen LogP contribution in [0.25, 0.3) is 22.3 Å². The molecule has 0 saturated heterocycles. The van der Waals surface area contributed by atoms with E-state index in [4.69, 9.17) is 9.56 Å². The highest BCUT2D eigenvalue weighted by Gasteiger charge is 2.26. The van der Waals surface area contributed by atoms with Crippen LogP contribution in [0.15, 0.2) is 87.0 Å². The Kier molecular flexibility index (Phi) is 5.37. The Balaban J connectivity index is 1.64. The summed E-state index contributed by atoms with van der Waals surface area (Å²) in [5.74, 6) is -0.293. The van der Waals surface area contributed by atoms with Crippen LogP contribution in [0.5, 0.6) is 0 Å². The maximum Gasteiger partial charge on any atom is 0.265 e. The minimum absolute atomic E-state index is 0.0824. The zero-order chi connectivity index (χ0) is 23.1. The number of carbonyl (C=O) groups is 1. The second-order valence-electron chi connectivity index (χ2n) is 7.10. The van der Waals surface area contributed by atoms with Crippen LogP contribution in [0.4, 0.5) is 0 Å². The van der Waals surface area contributed by atoms with Crippen molar-refractivity contribution >= 4 is 36.9 Å². The molecule has 4 aromatic rings. The first-order chi connectivity index (χ1) is 15.1. The van der Waals surface area contributed by atoms with Crippen LogP contribution in [0.2, 0.25) is 0 Å². The Labute approximate surface area is 184 Å². The lowest BCUT2D eigenvalue weighted by atomic mass is 10.0. The van der Waals surface area contributed by atoms with Gasteiger partial charge in [-0.2, -0.15) is 0 Å². The summed E-state index contributed by atoms with van der Waals surface area (Å²) in [5, 5.41) is 6.04. The van der Waals surface area contributed by atoms with Gasteiger partial charge in [0.05, 0.1) is 0 Å². The zero-order valence-corrected chi connectivity index (χ0v) is 18.4. The minimum atomic E-state index is -4.49. The number of sulfonamides is 2. The van der Waals surface area contributed by atoms with Gasteiger partial charge in [-0.1, -0.05) is 36.4 Å². The fourth-order valence-electron chi connectivity index (χ4n) is 3.34. The summed E-state index contributed by atoms with van der Waals surface area (Å²) < 4.78 is 56.6. The first-order valence-electron chi connectivity index (χ1n) is 9.35. The van der Waals surface area contributed by atoms with Crippen LogP contribution in [-0.2, 0) is 20.0 Å². The van der Waals surface area contributed by atoms with Gasteiger partial charge in [-0.05, 0) is 48.9 Å². The average molecular weight is 471 g/mol. The number of primary sulfonamides is 1. The molecular formula is C22H18N2O6S2. The molecule has 1 heterocycles. The molecule has 0 radical (unpaired) electrons. The van der Waals surface area contributed by atoms with Crippen LogP contribution < -0.4 is 9.86 Å². The molecule has 0 saturated carbocycles. The Bertz CT molecular complexity index is 1540. The second-order valence-corrected chi connectivity index (χ2v) is 10.3. The topological polar surface area (TPSA) is 137 Å². The number of furan rings is 1. The highest BCUT2D eigenvalue weighted by Crippen LogP contribution is 2.30. The molecular weight excluding hydrogens is 452 g/mol. The molecule has 8 nitrogen and oxygen atoms in total. The number of benzene rings is 3. The summed E-state index contributed by atoms with van der Waals surface area (Å²) in [7, 11) is -8.80. The van der Waals surface area contributed by atoms with E-state index in [1.165, 1.54) is 24.3 Å². The van der Waals surface area contributed by atoms with Crippen LogP contribution in [0.1, 0.15) is 15.9 Å². The molecule has 0 aliphatic carbocycles. The molecule has 10 heteroatoms. The van der Waals surface area contributed by atoms with E-state index in [1.54, 1.807) is 13.0 Å². The number of carbonyl (C=O) groups excluding carboxylic acids is 1. The standard InChI is InChI=1S/C22H18N2O6S2/c1-14-12-16(10-11-17(14)19-13-15-6-2-3-7-18(15)30-19)22(25)24-32(28,29)21-9-5-4-8-20(21)31(23,26)27/h2-13H,1H3,(H,24,25)(H2,23,26,27). The number of para-hydroxylation sites is 1. The Morgan fingerprint density at radius 1 is 0.875 bits per heavy atom. The summed E-state index contributed by atoms with van der Waals surface area (Å²) in [5.41, 5.74) is 2.25.